The van der Waals surface area contributed by atoms with Crippen LogP contribution in [0.3, 0.4) is 0 Å². The summed E-state index contributed by atoms with van der Waals surface area (Å²) in [6, 6.07) is 8.87. The molecule has 0 aliphatic rings. The van der Waals surface area contributed by atoms with E-state index in [0.717, 1.165) is 4.88 Å². The molecule has 0 unspecified atom stereocenters. The van der Waals surface area contributed by atoms with Crippen molar-refractivity contribution in [3.63, 3.8) is 0 Å². The molecule has 0 radical (unpaired) electrons. The third-order valence-electron chi connectivity index (χ3n) is 3.33. The van der Waals surface area contributed by atoms with Gasteiger partial charge in [0.25, 0.3) is 5.56 Å². The van der Waals surface area contributed by atoms with Crippen molar-refractivity contribution in [1.29, 1.82) is 0 Å². The van der Waals surface area contributed by atoms with Gasteiger partial charge in [0.05, 0.1) is 23.2 Å². The molecule has 0 saturated carbocycles. The van der Waals surface area contributed by atoms with Gasteiger partial charge in [-0.15, -0.1) is 11.3 Å². The van der Waals surface area contributed by atoms with Crippen LogP contribution in [0.4, 0.5) is 5.00 Å². The van der Waals surface area contributed by atoms with Crippen LogP contribution in [-0.2, 0) is 4.74 Å². The Hall–Kier alpha value is -2.67. The van der Waals surface area contributed by atoms with E-state index in [1.54, 1.807) is 31.2 Å². The van der Waals surface area contributed by atoms with E-state index >= 15 is 0 Å². The van der Waals surface area contributed by atoms with Gasteiger partial charge in [0.2, 0.25) is 0 Å². The largest absolute Gasteiger partial charge is 0.464 e. The summed E-state index contributed by atoms with van der Waals surface area (Å²) in [5.74, 6) is -0.601. The second-order valence-electron chi connectivity index (χ2n) is 4.67. The first kappa shape index (κ1) is 14.3. The minimum atomic E-state index is -0.601. The maximum absolute atomic E-state index is 12.7. The van der Waals surface area contributed by atoms with Gasteiger partial charge >= 0.3 is 5.97 Å². The van der Waals surface area contributed by atoms with Crippen LogP contribution in [0.2, 0.25) is 0 Å². The molecule has 0 aliphatic carbocycles. The van der Waals surface area contributed by atoms with E-state index in [4.69, 9.17) is 10.5 Å². The lowest BCUT2D eigenvalue weighted by Crippen LogP contribution is -2.25. The minimum Gasteiger partial charge on any atom is -0.464 e. The Morgan fingerprint density at radius 2 is 1.95 bits per heavy atom. The molecule has 0 spiro atoms. The smallest absolute Gasteiger partial charge is 0.359 e. The van der Waals surface area contributed by atoms with E-state index in [9.17, 15) is 9.59 Å². The highest BCUT2D eigenvalue weighted by Gasteiger charge is 2.23. The standard InChI is InChI=1S/C15H13N3O3S/c1-8-10-11(13(16)22-8)14(19)18(9-6-4-3-5-7-9)17-12(10)15(20)21-2/h3-7H,16H2,1-2H3. The summed E-state index contributed by atoms with van der Waals surface area (Å²) in [6.07, 6.45) is 0. The van der Waals surface area contributed by atoms with Crippen LogP contribution >= 0.6 is 11.3 Å². The Morgan fingerprint density at radius 3 is 2.59 bits per heavy atom. The van der Waals surface area contributed by atoms with Crippen molar-refractivity contribution >= 4 is 33.1 Å². The summed E-state index contributed by atoms with van der Waals surface area (Å²) in [5, 5.41) is 5.34. The molecule has 22 heavy (non-hydrogen) atoms. The number of carbonyl (C=O) groups is 1. The minimum absolute atomic E-state index is 0.0893. The van der Waals surface area contributed by atoms with Gasteiger partial charge in [-0.1, -0.05) is 18.2 Å². The molecule has 1 aromatic carbocycles. The number of nitrogens with zero attached hydrogens (tertiary/aromatic N) is 2. The third kappa shape index (κ3) is 2.06. The van der Waals surface area contributed by atoms with Crippen LogP contribution in [0.15, 0.2) is 35.1 Å². The lowest BCUT2D eigenvalue weighted by atomic mass is 10.2. The SMILES string of the molecule is COC(=O)c1nn(-c2ccccc2)c(=O)c2c(N)sc(C)c12. The highest BCUT2D eigenvalue weighted by atomic mass is 32.1. The normalized spacial score (nSPS) is 10.8. The average molecular weight is 315 g/mol. The van der Waals surface area contributed by atoms with Gasteiger partial charge in [0.15, 0.2) is 5.69 Å². The molecule has 0 bridgehead atoms. The predicted molar refractivity (Wildman–Crippen MR) is 85.7 cm³/mol. The number of aryl methyl sites for hydroxylation is 1. The number of benzene rings is 1. The van der Waals surface area contributed by atoms with Crippen LogP contribution < -0.4 is 11.3 Å². The number of fused-ring (bicyclic) bond motifs is 1. The fourth-order valence-electron chi connectivity index (χ4n) is 2.35. The fourth-order valence-corrected chi connectivity index (χ4v) is 3.27. The van der Waals surface area contributed by atoms with Gasteiger partial charge < -0.3 is 10.5 Å². The van der Waals surface area contributed by atoms with Crippen LogP contribution in [-0.4, -0.2) is 22.9 Å². The molecular formula is C15H13N3O3S. The van der Waals surface area contributed by atoms with E-state index in [1.165, 1.54) is 23.1 Å². The zero-order valence-corrected chi connectivity index (χ0v) is 12.8. The fraction of sp³-hybridized carbons (Fsp3) is 0.133. The lowest BCUT2D eigenvalue weighted by Gasteiger charge is -2.08. The summed E-state index contributed by atoms with van der Waals surface area (Å²) in [4.78, 5) is 25.5. The molecule has 0 aliphatic heterocycles. The maximum atomic E-state index is 12.7. The number of methoxy groups -OCH3 is 1. The number of para-hydroxylation sites is 1. The van der Waals surface area contributed by atoms with Crippen LogP contribution in [0.25, 0.3) is 16.5 Å². The zero-order chi connectivity index (χ0) is 15.9. The van der Waals surface area contributed by atoms with Crippen molar-refractivity contribution in [2.45, 2.75) is 6.92 Å². The number of ether oxygens (including phenoxy) is 1. The monoisotopic (exact) mass is 315 g/mol. The number of rotatable bonds is 2. The quantitative estimate of drug-likeness (QED) is 0.732. The Morgan fingerprint density at radius 1 is 1.27 bits per heavy atom. The molecule has 2 heterocycles. The molecule has 6 nitrogen and oxygen atoms in total. The number of esters is 1. The second-order valence-corrected chi connectivity index (χ2v) is 5.92. The summed E-state index contributed by atoms with van der Waals surface area (Å²) >= 11 is 1.26. The highest BCUT2D eigenvalue weighted by Crippen LogP contribution is 2.32. The van der Waals surface area contributed by atoms with Crippen molar-refractivity contribution in [2.24, 2.45) is 0 Å². The van der Waals surface area contributed by atoms with Crippen molar-refractivity contribution in [3.8, 4) is 5.69 Å². The summed E-state index contributed by atoms with van der Waals surface area (Å²) in [6.45, 7) is 1.80. The Kier molecular flexibility index (Phi) is 3.42. The van der Waals surface area contributed by atoms with Crippen molar-refractivity contribution in [1.82, 2.24) is 9.78 Å². The number of thiophene rings is 1. The second kappa shape index (κ2) is 5.27. The van der Waals surface area contributed by atoms with Gasteiger partial charge in [0, 0.05) is 10.3 Å². The molecule has 3 aromatic rings. The van der Waals surface area contributed by atoms with E-state index in [2.05, 4.69) is 5.10 Å². The van der Waals surface area contributed by atoms with Gasteiger partial charge in [-0.25, -0.2) is 4.79 Å². The first-order valence-corrected chi connectivity index (χ1v) is 7.32. The topological polar surface area (TPSA) is 87.2 Å². The van der Waals surface area contributed by atoms with Gasteiger partial charge in [0.1, 0.15) is 0 Å². The molecule has 2 aromatic heterocycles. The number of hydrogen-bond acceptors (Lipinski definition) is 6. The van der Waals surface area contributed by atoms with E-state index < -0.39 is 5.97 Å². The molecule has 0 fully saturated rings. The molecular weight excluding hydrogens is 302 g/mol. The van der Waals surface area contributed by atoms with E-state index in [1.807, 2.05) is 6.07 Å². The molecule has 0 atom stereocenters. The van der Waals surface area contributed by atoms with Crippen LogP contribution in [0, 0.1) is 6.92 Å². The Labute approximate surface area is 129 Å². The number of carbonyl (C=O) groups excluding carboxylic acids is 1. The van der Waals surface area contributed by atoms with E-state index in [-0.39, 0.29) is 11.3 Å². The molecule has 0 saturated heterocycles. The molecule has 3 rings (SSSR count). The lowest BCUT2D eigenvalue weighted by molar-refractivity contribution is 0.0594. The molecule has 0 amide bonds. The average Bonchev–Trinajstić information content (AvgIpc) is 2.83. The van der Waals surface area contributed by atoms with Crippen molar-refractivity contribution in [2.75, 3.05) is 12.8 Å². The summed E-state index contributed by atoms with van der Waals surface area (Å²) in [7, 11) is 1.28. The number of anilines is 1. The highest BCUT2D eigenvalue weighted by molar-refractivity contribution is 7.17. The van der Waals surface area contributed by atoms with Gasteiger partial charge in [-0.2, -0.15) is 9.78 Å². The summed E-state index contributed by atoms with van der Waals surface area (Å²) in [5.41, 5.74) is 6.26. The summed E-state index contributed by atoms with van der Waals surface area (Å²) < 4.78 is 5.96. The van der Waals surface area contributed by atoms with Crippen molar-refractivity contribution < 1.29 is 9.53 Å². The maximum Gasteiger partial charge on any atom is 0.359 e. The zero-order valence-electron chi connectivity index (χ0n) is 12.0. The number of nitrogen functional groups attached to an aromatic ring is 1. The number of nitrogens with two attached hydrogens (primary N) is 1. The van der Waals surface area contributed by atoms with Crippen LogP contribution in [0.5, 0.6) is 0 Å². The predicted octanol–water partition coefficient (Wildman–Crippen LogP) is 2.12. The van der Waals surface area contributed by atoms with Gasteiger partial charge in [-0.05, 0) is 19.1 Å². The Balaban J connectivity index is 2.46. The van der Waals surface area contributed by atoms with Crippen molar-refractivity contribution in [3.05, 3.63) is 51.3 Å². The van der Waals surface area contributed by atoms with Crippen LogP contribution in [0.1, 0.15) is 15.4 Å². The van der Waals surface area contributed by atoms with Gasteiger partial charge in [-0.3, -0.25) is 4.79 Å². The molecule has 2 N–H and O–H groups in total. The first-order valence-electron chi connectivity index (χ1n) is 6.50. The molecule has 7 heteroatoms. The first-order chi connectivity index (χ1) is 10.5. The van der Waals surface area contributed by atoms with E-state index in [0.29, 0.717) is 21.5 Å². The molecule has 112 valence electrons. The number of aromatic nitrogens is 2. The number of hydrogen-bond donors (Lipinski definition) is 1. The third-order valence-corrected chi connectivity index (χ3v) is 4.27. The Bertz CT molecular complexity index is 929.